The first-order valence-corrected chi connectivity index (χ1v) is 25.4. The number of allylic oxidation sites excluding steroid dienone is 8. The van der Waals surface area contributed by atoms with Crippen molar-refractivity contribution in [2.75, 3.05) is 6.61 Å². The number of aliphatic hydroxyl groups is 2. The van der Waals surface area contributed by atoms with E-state index in [9.17, 15) is 19.8 Å². The van der Waals surface area contributed by atoms with Crippen LogP contribution in [0.1, 0.15) is 252 Å². The molecular formula is C53H97NO5. The highest BCUT2D eigenvalue weighted by molar-refractivity contribution is 5.77. The minimum absolute atomic E-state index is 0.0651. The Morgan fingerprint density at radius 2 is 0.915 bits per heavy atom. The lowest BCUT2D eigenvalue weighted by Gasteiger charge is -2.24. The van der Waals surface area contributed by atoms with Crippen LogP contribution in [0, 0.1) is 0 Å². The number of nitrogens with one attached hydrogen (secondary N) is 1. The monoisotopic (exact) mass is 828 g/mol. The minimum Gasteiger partial charge on any atom is -0.462 e. The summed E-state index contributed by atoms with van der Waals surface area (Å²) in [7, 11) is 0. The first kappa shape index (κ1) is 56.8. The van der Waals surface area contributed by atoms with Gasteiger partial charge in [-0.1, -0.05) is 204 Å². The van der Waals surface area contributed by atoms with Crippen molar-refractivity contribution in [3.63, 3.8) is 0 Å². The van der Waals surface area contributed by atoms with Crippen LogP contribution in [0.15, 0.2) is 48.6 Å². The smallest absolute Gasteiger partial charge is 0.306 e. The molecule has 0 radical (unpaired) electrons. The second-order valence-corrected chi connectivity index (χ2v) is 17.2. The molecular weight excluding hydrogens is 731 g/mol. The van der Waals surface area contributed by atoms with Crippen LogP contribution in [-0.2, 0) is 14.3 Å². The van der Waals surface area contributed by atoms with Crippen LogP contribution in [0.4, 0.5) is 0 Å². The zero-order valence-corrected chi connectivity index (χ0v) is 39.1. The molecule has 0 aromatic carbocycles. The van der Waals surface area contributed by atoms with E-state index in [1.165, 1.54) is 116 Å². The van der Waals surface area contributed by atoms with Gasteiger partial charge in [0.25, 0.3) is 0 Å². The number of hydrogen-bond acceptors (Lipinski definition) is 5. The topological polar surface area (TPSA) is 95.9 Å². The molecule has 0 aliphatic rings. The van der Waals surface area contributed by atoms with Crippen LogP contribution in [0.2, 0.25) is 0 Å². The maximum absolute atomic E-state index is 13.2. The third kappa shape index (κ3) is 42.3. The predicted octanol–water partition coefficient (Wildman–Crippen LogP) is 15.1. The maximum Gasteiger partial charge on any atom is 0.306 e. The molecule has 0 aliphatic carbocycles. The molecule has 0 aromatic heterocycles. The third-order valence-electron chi connectivity index (χ3n) is 11.4. The standard InChI is InChI=1S/C53H97NO5/c1-4-7-10-13-16-19-22-24-25-26-27-28-31-34-37-40-43-46-53(58)59-49(44-41-38-35-32-30-23-20-17-14-11-8-5-2)47-52(57)54-50(48-55)51(56)45-42-39-36-33-29-21-18-15-12-9-6-3/h8,11,16-17,19-20,24-25,49-51,55-56H,4-7,9-10,12-15,18,21-23,26-48H2,1-3H3,(H,54,57)/b11-8+,19-16-,20-17+,25-24-. The Bertz CT molecular complexity index is 1020. The Hall–Kier alpha value is -2.18. The Labute approximate surface area is 366 Å². The van der Waals surface area contributed by atoms with Gasteiger partial charge in [-0.15, -0.1) is 0 Å². The van der Waals surface area contributed by atoms with E-state index in [2.05, 4.69) is 74.7 Å². The summed E-state index contributed by atoms with van der Waals surface area (Å²) < 4.78 is 5.92. The number of aliphatic hydroxyl groups excluding tert-OH is 2. The van der Waals surface area contributed by atoms with Crippen molar-refractivity contribution in [2.24, 2.45) is 0 Å². The number of esters is 1. The highest BCUT2D eigenvalue weighted by Crippen LogP contribution is 2.18. The number of hydrogen-bond donors (Lipinski definition) is 3. The molecule has 6 nitrogen and oxygen atoms in total. The SMILES string of the molecule is CC/C=C/C/C=C/CCCCCCCC(CC(=O)NC(CO)C(O)CCCCCCCCCCCCC)OC(=O)CCCCCCCCC/C=C\C/C=C\CCCCC. The van der Waals surface area contributed by atoms with E-state index in [-0.39, 0.29) is 24.9 Å². The molecule has 0 bridgehead atoms. The molecule has 59 heavy (non-hydrogen) atoms. The van der Waals surface area contributed by atoms with Crippen molar-refractivity contribution in [1.82, 2.24) is 5.32 Å². The van der Waals surface area contributed by atoms with Gasteiger partial charge in [-0.05, 0) is 83.5 Å². The average molecular weight is 828 g/mol. The van der Waals surface area contributed by atoms with Crippen LogP contribution in [0.3, 0.4) is 0 Å². The highest BCUT2D eigenvalue weighted by Gasteiger charge is 2.24. The molecule has 0 aliphatic heterocycles. The van der Waals surface area contributed by atoms with Gasteiger partial charge in [0.1, 0.15) is 6.10 Å². The van der Waals surface area contributed by atoms with E-state index in [1.54, 1.807) is 0 Å². The summed E-state index contributed by atoms with van der Waals surface area (Å²) in [6.45, 7) is 6.34. The van der Waals surface area contributed by atoms with Crippen molar-refractivity contribution in [1.29, 1.82) is 0 Å². The van der Waals surface area contributed by atoms with E-state index in [1.807, 2.05) is 0 Å². The zero-order valence-electron chi connectivity index (χ0n) is 39.1. The Morgan fingerprint density at radius 1 is 0.508 bits per heavy atom. The maximum atomic E-state index is 13.2. The summed E-state index contributed by atoms with van der Waals surface area (Å²) in [5.74, 6) is -0.494. The summed E-state index contributed by atoms with van der Waals surface area (Å²) in [5.41, 5.74) is 0. The lowest BCUT2D eigenvalue weighted by atomic mass is 10.0. The number of carbonyl (C=O) groups excluding carboxylic acids is 2. The summed E-state index contributed by atoms with van der Waals surface area (Å²) in [4.78, 5) is 26.1. The number of rotatable bonds is 45. The fourth-order valence-electron chi connectivity index (χ4n) is 7.56. The molecule has 1 amide bonds. The van der Waals surface area contributed by atoms with E-state index in [0.29, 0.717) is 19.3 Å². The van der Waals surface area contributed by atoms with Crippen LogP contribution < -0.4 is 5.32 Å². The predicted molar refractivity (Wildman–Crippen MR) is 255 cm³/mol. The number of amides is 1. The van der Waals surface area contributed by atoms with Crippen LogP contribution in [-0.4, -0.2) is 46.9 Å². The van der Waals surface area contributed by atoms with Crippen molar-refractivity contribution >= 4 is 11.9 Å². The van der Waals surface area contributed by atoms with Gasteiger partial charge < -0.3 is 20.3 Å². The quantitative estimate of drug-likeness (QED) is 0.0323. The van der Waals surface area contributed by atoms with Gasteiger partial charge >= 0.3 is 5.97 Å². The lowest BCUT2D eigenvalue weighted by molar-refractivity contribution is -0.151. The fraction of sp³-hybridized carbons (Fsp3) is 0.811. The molecule has 0 rings (SSSR count). The van der Waals surface area contributed by atoms with Crippen LogP contribution in [0.5, 0.6) is 0 Å². The number of carbonyl (C=O) groups is 2. The summed E-state index contributed by atoms with van der Waals surface area (Å²) >= 11 is 0. The van der Waals surface area contributed by atoms with Gasteiger partial charge in [0.2, 0.25) is 5.91 Å². The van der Waals surface area contributed by atoms with Crippen LogP contribution in [0.25, 0.3) is 0 Å². The van der Waals surface area contributed by atoms with Gasteiger partial charge in [0.05, 0.1) is 25.2 Å². The second kappa shape index (κ2) is 46.9. The second-order valence-electron chi connectivity index (χ2n) is 17.2. The summed E-state index contributed by atoms with van der Waals surface area (Å²) in [6.07, 6.45) is 56.0. The Kier molecular flexibility index (Phi) is 45.1. The van der Waals surface area contributed by atoms with Gasteiger partial charge in [-0.2, -0.15) is 0 Å². The molecule has 3 atom stereocenters. The third-order valence-corrected chi connectivity index (χ3v) is 11.4. The summed E-state index contributed by atoms with van der Waals surface area (Å²) in [5, 5.41) is 23.7. The fourth-order valence-corrected chi connectivity index (χ4v) is 7.56. The first-order valence-electron chi connectivity index (χ1n) is 25.4. The van der Waals surface area contributed by atoms with E-state index in [4.69, 9.17) is 4.74 Å². The summed E-state index contributed by atoms with van der Waals surface area (Å²) in [6, 6.07) is -0.706. The molecule has 0 spiro atoms. The minimum atomic E-state index is -0.791. The first-order chi connectivity index (χ1) is 29.0. The molecule has 0 heterocycles. The molecule has 344 valence electrons. The van der Waals surface area contributed by atoms with E-state index < -0.39 is 18.2 Å². The molecule has 0 saturated carbocycles. The van der Waals surface area contributed by atoms with E-state index in [0.717, 1.165) is 89.9 Å². The van der Waals surface area contributed by atoms with Gasteiger partial charge in [0, 0.05) is 6.42 Å². The molecule has 3 unspecified atom stereocenters. The average Bonchev–Trinajstić information content (AvgIpc) is 3.23. The van der Waals surface area contributed by atoms with Gasteiger partial charge in [0.15, 0.2) is 0 Å². The Morgan fingerprint density at radius 3 is 1.41 bits per heavy atom. The van der Waals surface area contributed by atoms with Gasteiger partial charge in [-0.25, -0.2) is 0 Å². The molecule has 3 N–H and O–H groups in total. The van der Waals surface area contributed by atoms with Gasteiger partial charge in [-0.3, -0.25) is 9.59 Å². The molecule has 6 heteroatoms. The normalized spacial score (nSPS) is 13.6. The molecule has 0 fully saturated rings. The molecule has 0 aromatic rings. The van der Waals surface area contributed by atoms with Crippen molar-refractivity contribution in [3.8, 4) is 0 Å². The highest BCUT2D eigenvalue weighted by atomic mass is 16.5. The number of unbranched alkanes of at least 4 members (excludes halogenated alkanes) is 25. The van der Waals surface area contributed by atoms with Crippen molar-refractivity contribution in [2.45, 2.75) is 270 Å². The van der Waals surface area contributed by atoms with Crippen LogP contribution >= 0.6 is 0 Å². The number of ether oxygens (including phenoxy) is 1. The largest absolute Gasteiger partial charge is 0.462 e. The van der Waals surface area contributed by atoms with E-state index >= 15 is 0 Å². The van der Waals surface area contributed by atoms with Crippen molar-refractivity contribution < 1.29 is 24.5 Å². The molecule has 0 saturated heterocycles. The zero-order chi connectivity index (χ0) is 43.1. The lowest BCUT2D eigenvalue weighted by Crippen LogP contribution is -2.46. The van der Waals surface area contributed by atoms with Crippen molar-refractivity contribution in [3.05, 3.63) is 48.6 Å². The Balaban J connectivity index is 4.56.